The Hall–Kier alpha value is -0.650. The number of allylic oxidation sites excluding steroid dienone is 1. The van der Waals surface area contributed by atoms with E-state index >= 15 is 0 Å². The van der Waals surface area contributed by atoms with Crippen molar-refractivity contribution in [1.82, 2.24) is 0 Å². The first-order valence-corrected chi connectivity index (χ1v) is 8.58. The van der Waals surface area contributed by atoms with Crippen LogP contribution in [0.4, 0.5) is 0 Å². The van der Waals surface area contributed by atoms with Gasteiger partial charge in [-0.1, -0.05) is 19.9 Å². The summed E-state index contributed by atoms with van der Waals surface area (Å²) in [6, 6.07) is 0. The highest BCUT2D eigenvalue weighted by Gasteiger charge is 2.21. The van der Waals surface area contributed by atoms with Gasteiger partial charge in [0.15, 0.2) is 0 Å². The summed E-state index contributed by atoms with van der Waals surface area (Å²) in [5, 5.41) is 7.22. The van der Waals surface area contributed by atoms with Crippen LogP contribution in [0.25, 0.3) is 0 Å². The van der Waals surface area contributed by atoms with Crippen LogP contribution >= 0.6 is 11.3 Å². The van der Waals surface area contributed by atoms with Crippen molar-refractivity contribution < 1.29 is 8.42 Å². The molecule has 1 aromatic heterocycles. The van der Waals surface area contributed by atoms with Crippen LogP contribution in [0.2, 0.25) is 0 Å². The first-order chi connectivity index (χ1) is 8.41. The molecule has 3 nitrogen and oxygen atoms in total. The fourth-order valence-electron chi connectivity index (χ4n) is 1.92. The monoisotopic (exact) mass is 287 g/mol. The van der Waals surface area contributed by atoms with E-state index in [9.17, 15) is 8.42 Å². The van der Waals surface area contributed by atoms with Crippen molar-refractivity contribution in [2.45, 2.75) is 49.7 Å². The van der Waals surface area contributed by atoms with E-state index in [4.69, 9.17) is 5.14 Å². The van der Waals surface area contributed by atoms with Crippen molar-refractivity contribution in [2.75, 3.05) is 0 Å². The molecule has 0 aromatic carbocycles. The summed E-state index contributed by atoms with van der Waals surface area (Å²) in [5.74, 6) is 0.371. The number of nitrogens with two attached hydrogens (primary N) is 1. The normalized spacial score (nSPS) is 13.5. The molecule has 0 aliphatic heterocycles. The summed E-state index contributed by atoms with van der Waals surface area (Å²) in [6.07, 6.45) is 5.40. The first-order valence-electron chi connectivity index (χ1n) is 6.15. The van der Waals surface area contributed by atoms with Crippen molar-refractivity contribution in [3.8, 4) is 0 Å². The molecule has 0 spiro atoms. The molecule has 0 amide bonds. The van der Waals surface area contributed by atoms with E-state index in [2.05, 4.69) is 20.4 Å². The van der Waals surface area contributed by atoms with Gasteiger partial charge >= 0.3 is 0 Å². The zero-order valence-electron chi connectivity index (χ0n) is 11.0. The third-order valence-corrected chi connectivity index (χ3v) is 5.71. The number of thiophene rings is 1. The standard InChI is InChI=1S/C13H21NO2S2/c1-4-6-7-8-11-12(10(3)5-2)9-17-13(11)18(14,15)16/h4,9-10H,1,5-8H2,2-3H3,(H2,14,15,16). The van der Waals surface area contributed by atoms with Gasteiger partial charge in [0, 0.05) is 0 Å². The van der Waals surface area contributed by atoms with Crippen LogP contribution in [0.1, 0.15) is 50.2 Å². The predicted octanol–water partition coefficient (Wildman–Crippen LogP) is 3.42. The predicted molar refractivity (Wildman–Crippen MR) is 77.5 cm³/mol. The molecule has 1 rings (SSSR count). The molecule has 2 N–H and O–H groups in total. The van der Waals surface area contributed by atoms with Gasteiger partial charge in [0.05, 0.1) is 0 Å². The van der Waals surface area contributed by atoms with Gasteiger partial charge in [-0.25, -0.2) is 13.6 Å². The summed E-state index contributed by atoms with van der Waals surface area (Å²) in [4.78, 5) is 0. The van der Waals surface area contributed by atoms with E-state index in [0.717, 1.165) is 36.8 Å². The number of primary sulfonamides is 1. The van der Waals surface area contributed by atoms with Crippen molar-refractivity contribution in [2.24, 2.45) is 5.14 Å². The van der Waals surface area contributed by atoms with Crippen LogP contribution in [0.3, 0.4) is 0 Å². The number of unbranched alkanes of at least 4 members (excludes halogenated alkanes) is 1. The Morgan fingerprint density at radius 1 is 1.56 bits per heavy atom. The molecule has 0 aliphatic rings. The molecular weight excluding hydrogens is 266 g/mol. The van der Waals surface area contributed by atoms with Crippen LogP contribution in [0.5, 0.6) is 0 Å². The van der Waals surface area contributed by atoms with Crippen LogP contribution in [-0.4, -0.2) is 8.42 Å². The zero-order valence-corrected chi connectivity index (χ0v) is 12.6. The lowest BCUT2D eigenvalue weighted by Crippen LogP contribution is -2.13. The van der Waals surface area contributed by atoms with E-state index in [1.807, 2.05) is 11.5 Å². The maximum Gasteiger partial charge on any atom is 0.247 e. The maximum absolute atomic E-state index is 11.6. The minimum Gasteiger partial charge on any atom is -0.224 e. The lowest BCUT2D eigenvalue weighted by atomic mass is 9.95. The van der Waals surface area contributed by atoms with Gasteiger partial charge in [-0.2, -0.15) is 0 Å². The largest absolute Gasteiger partial charge is 0.247 e. The van der Waals surface area contributed by atoms with Crippen LogP contribution < -0.4 is 5.14 Å². The van der Waals surface area contributed by atoms with Crippen molar-refractivity contribution in [3.63, 3.8) is 0 Å². The molecule has 5 heteroatoms. The van der Waals surface area contributed by atoms with E-state index in [1.54, 1.807) is 0 Å². The minimum atomic E-state index is -3.60. The molecular formula is C13H21NO2S2. The van der Waals surface area contributed by atoms with Gasteiger partial charge in [0.2, 0.25) is 10.0 Å². The molecule has 0 fully saturated rings. The van der Waals surface area contributed by atoms with Gasteiger partial charge in [-0.3, -0.25) is 0 Å². The van der Waals surface area contributed by atoms with Crippen LogP contribution in [-0.2, 0) is 16.4 Å². The Morgan fingerprint density at radius 2 is 2.22 bits per heavy atom. The highest BCUT2D eigenvalue weighted by Crippen LogP contribution is 2.34. The molecule has 18 heavy (non-hydrogen) atoms. The van der Waals surface area contributed by atoms with E-state index in [0.29, 0.717) is 10.1 Å². The Bertz CT molecular complexity index is 503. The Kier molecular flexibility index (Phi) is 5.56. The molecule has 0 aliphatic carbocycles. The molecule has 1 atom stereocenters. The van der Waals surface area contributed by atoms with E-state index < -0.39 is 10.0 Å². The van der Waals surface area contributed by atoms with Crippen LogP contribution in [0.15, 0.2) is 22.2 Å². The maximum atomic E-state index is 11.6. The third kappa shape index (κ3) is 3.67. The molecule has 1 aromatic rings. The van der Waals surface area contributed by atoms with Gasteiger partial charge in [-0.05, 0) is 48.1 Å². The SMILES string of the molecule is C=CCCCc1c(C(C)CC)csc1S(N)(=O)=O. The summed E-state index contributed by atoms with van der Waals surface area (Å²) in [6.45, 7) is 7.90. The molecule has 0 bridgehead atoms. The molecule has 0 saturated carbocycles. The van der Waals surface area contributed by atoms with Gasteiger partial charge in [-0.15, -0.1) is 17.9 Å². The van der Waals surface area contributed by atoms with E-state index in [1.165, 1.54) is 11.3 Å². The average Bonchev–Trinajstić information content (AvgIpc) is 2.72. The second-order valence-corrected chi connectivity index (χ2v) is 7.13. The quantitative estimate of drug-likeness (QED) is 0.617. The summed E-state index contributed by atoms with van der Waals surface area (Å²) in [5.41, 5.74) is 2.05. The lowest BCUT2D eigenvalue weighted by Gasteiger charge is -2.11. The summed E-state index contributed by atoms with van der Waals surface area (Å²) >= 11 is 1.25. The molecule has 0 saturated heterocycles. The second kappa shape index (κ2) is 6.50. The second-order valence-electron chi connectivity index (χ2n) is 4.49. The Balaban J connectivity index is 3.13. The zero-order chi connectivity index (χ0) is 13.8. The van der Waals surface area contributed by atoms with Gasteiger partial charge in [0.25, 0.3) is 0 Å². The summed E-state index contributed by atoms with van der Waals surface area (Å²) < 4.78 is 23.5. The molecule has 1 heterocycles. The Morgan fingerprint density at radius 3 is 2.72 bits per heavy atom. The fourth-order valence-corrected chi connectivity index (χ4v) is 4.13. The van der Waals surface area contributed by atoms with Crippen LogP contribution in [0, 0.1) is 0 Å². The van der Waals surface area contributed by atoms with Crippen molar-refractivity contribution in [3.05, 3.63) is 29.2 Å². The lowest BCUT2D eigenvalue weighted by molar-refractivity contribution is 0.598. The third-order valence-electron chi connectivity index (χ3n) is 3.12. The topological polar surface area (TPSA) is 60.2 Å². The number of rotatable bonds is 7. The highest BCUT2D eigenvalue weighted by molar-refractivity contribution is 7.91. The minimum absolute atomic E-state index is 0.335. The van der Waals surface area contributed by atoms with Gasteiger partial charge < -0.3 is 0 Å². The smallest absolute Gasteiger partial charge is 0.224 e. The first kappa shape index (κ1) is 15.4. The molecule has 102 valence electrons. The number of sulfonamides is 1. The Labute approximate surface area is 114 Å². The fraction of sp³-hybridized carbons (Fsp3) is 0.538. The van der Waals surface area contributed by atoms with Crippen molar-refractivity contribution in [1.29, 1.82) is 0 Å². The average molecular weight is 287 g/mol. The van der Waals surface area contributed by atoms with E-state index in [-0.39, 0.29) is 0 Å². The number of hydrogen-bond donors (Lipinski definition) is 1. The van der Waals surface area contributed by atoms with Crippen molar-refractivity contribution >= 4 is 21.4 Å². The molecule has 0 radical (unpaired) electrons. The molecule has 1 unspecified atom stereocenters. The summed E-state index contributed by atoms with van der Waals surface area (Å²) in [7, 11) is -3.60. The van der Waals surface area contributed by atoms with Gasteiger partial charge in [0.1, 0.15) is 4.21 Å². The highest BCUT2D eigenvalue weighted by atomic mass is 32.2. The number of hydrogen-bond acceptors (Lipinski definition) is 3.